The highest BCUT2D eigenvalue weighted by Crippen LogP contribution is 2.27. The van der Waals surface area contributed by atoms with E-state index in [-0.39, 0.29) is 34.6 Å². The molecular weight excluding hydrogens is 561 g/mol. The van der Waals surface area contributed by atoms with Crippen molar-refractivity contribution in [2.45, 2.75) is 33.4 Å². The number of hydrogen-bond acceptors (Lipinski definition) is 3. The van der Waals surface area contributed by atoms with Gasteiger partial charge in [0.2, 0.25) is 5.91 Å². The summed E-state index contributed by atoms with van der Waals surface area (Å²) in [6, 6.07) is 17.5. The molecule has 0 bridgehead atoms. The highest BCUT2D eigenvalue weighted by Gasteiger charge is 2.20. The van der Waals surface area contributed by atoms with Gasteiger partial charge in [0.25, 0.3) is 18.2 Å². The summed E-state index contributed by atoms with van der Waals surface area (Å²) in [7, 11) is 0. The molecule has 0 unspecified atom stereocenters. The van der Waals surface area contributed by atoms with Crippen LogP contribution >= 0.6 is 23.2 Å². The molecular formula is C29H26Cl2F2N4O3. The van der Waals surface area contributed by atoms with Crippen LogP contribution in [0.4, 0.5) is 20.2 Å². The van der Waals surface area contributed by atoms with Crippen LogP contribution in [0.5, 0.6) is 0 Å². The van der Waals surface area contributed by atoms with Crippen molar-refractivity contribution in [2.24, 2.45) is 5.92 Å². The van der Waals surface area contributed by atoms with Crippen LogP contribution in [-0.2, 0) is 17.9 Å². The highest BCUT2D eigenvalue weighted by atomic mass is 35.5. The van der Waals surface area contributed by atoms with Crippen LogP contribution in [0.1, 0.15) is 40.3 Å². The van der Waals surface area contributed by atoms with Gasteiger partial charge in [-0.15, -0.1) is 0 Å². The van der Waals surface area contributed by atoms with Gasteiger partial charge in [0.05, 0.1) is 17.1 Å². The van der Waals surface area contributed by atoms with Gasteiger partial charge in [-0.1, -0.05) is 43.1 Å². The molecule has 0 spiro atoms. The van der Waals surface area contributed by atoms with E-state index in [0.29, 0.717) is 32.9 Å². The number of alkyl halides is 2. The van der Waals surface area contributed by atoms with Gasteiger partial charge in [0.15, 0.2) is 0 Å². The fourth-order valence-corrected chi connectivity index (χ4v) is 4.38. The van der Waals surface area contributed by atoms with E-state index in [1.807, 2.05) is 0 Å². The number of carbonyl (C=O) groups excluding carboxylic acids is 3. The number of nitrogens with zero attached hydrogens (tertiary/aromatic N) is 1. The number of nitrogens with one attached hydrogen (secondary N) is 3. The molecule has 11 heteroatoms. The number of rotatable bonds is 9. The molecule has 208 valence electrons. The molecule has 0 atom stereocenters. The molecule has 0 fully saturated rings. The molecule has 40 heavy (non-hydrogen) atoms. The fourth-order valence-electron chi connectivity index (χ4n) is 4.05. The maximum Gasteiger partial charge on any atom is 0.272 e. The summed E-state index contributed by atoms with van der Waals surface area (Å²) in [5.74, 6) is -1.36. The molecule has 1 heterocycles. The Balaban J connectivity index is 1.57. The van der Waals surface area contributed by atoms with Gasteiger partial charge in [-0.25, -0.2) is 8.78 Å². The number of fused-ring (bicyclic) bond motifs is 1. The van der Waals surface area contributed by atoms with E-state index in [9.17, 15) is 23.2 Å². The van der Waals surface area contributed by atoms with Crippen molar-refractivity contribution in [3.63, 3.8) is 0 Å². The predicted molar refractivity (Wildman–Crippen MR) is 153 cm³/mol. The quantitative estimate of drug-likeness (QED) is 0.197. The van der Waals surface area contributed by atoms with Gasteiger partial charge < -0.3 is 20.5 Å². The third kappa shape index (κ3) is 6.97. The molecule has 0 radical (unpaired) electrons. The zero-order valence-corrected chi connectivity index (χ0v) is 23.1. The number of carbonyl (C=O) groups is 3. The lowest BCUT2D eigenvalue weighted by Gasteiger charge is -2.12. The molecule has 3 aromatic carbocycles. The van der Waals surface area contributed by atoms with Crippen molar-refractivity contribution < 1.29 is 23.2 Å². The number of hydrogen-bond donors (Lipinski definition) is 3. The van der Waals surface area contributed by atoms with E-state index in [0.717, 1.165) is 0 Å². The number of halogens is 4. The minimum Gasteiger partial charge on any atom is -0.352 e. The minimum absolute atomic E-state index is 0.0351. The van der Waals surface area contributed by atoms with E-state index in [4.69, 9.17) is 23.2 Å². The van der Waals surface area contributed by atoms with Crippen molar-refractivity contribution in [3.8, 4) is 0 Å². The summed E-state index contributed by atoms with van der Waals surface area (Å²) >= 11 is 12.2. The summed E-state index contributed by atoms with van der Waals surface area (Å²) < 4.78 is 28.1. The SMILES string of the molecule is CC(C)C(=O)NCc1ccc(Cl)c(C(=O)Nc2ccc3c(c2)cc(C(=O)Nc2ccc(Cl)cc2)n3CC(F)F)c1. The largest absolute Gasteiger partial charge is 0.352 e. The van der Waals surface area contributed by atoms with E-state index in [1.165, 1.54) is 10.6 Å². The first-order valence-corrected chi connectivity index (χ1v) is 13.1. The summed E-state index contributed by atoms with van der Waals surface area (Å²) in [6.45, 7) is 3.11. The molecule has 3 N–H and O–H groups in total. The number of anilines is 2. The minimum atomic E-state index is -2.70. The van der Waals surface area contributed by atoms with Crippen LogP contribution in [-0.4, -0.2) is 28.7 Å². The first kappa shape index (κ1) is 29.0. The molecule has 0 saturated heterocycles. The zero-order valence-electron chi connectivity index (χ0n) is 21.6. The van der Waals surface area contributed by atoms with Gasteiger partial charge in [0, 0.05) is 39.8 Å². The summed E-state index contributed by atoms with van der Waals surface area (Å²) in [4.78, 5) is 38.0. The first-order valence-electron chi connectivity index (χ1n) is 12.4. The van der Waals surface area contributed by atoms with Crippen LogP contribution in [0.3, 0.4) is 0 Å². The molecule has 0 saturated carbocycles. The lowest BCUT2D eigenvalue weighted by Crippen LogP contribution is -2.27. The average Bonchev–Trinajstić information content (AvgIpc) is 3.26. The van der Waals surface area contributed by atoms with Crippen LogP contribution in [0.25, 0.3) is 10.9 Å². The Morgan fingerprint density at radius 1 is 0.850 bits per heavy atom. The van der Waals surface area contributed by atoms with Gasteiger partial charge in [-0.05, 0) is 66.2 Å². The maximum atomic E-state index is 13.4. The Labute approximate surface area is 239 Å². The second kappa shape index (κ2) is 12.5. The second-order valence-corrected chi connectivity index (χ2v) is 10.3. The van der Waals surface area contributed by atoms with Crippen LogP contribution < -0.4 is 16.0 Å². The molecule has 0 aliphatic carbocycles. The molecule has 4 aromatic rings. The number of benzene rings is 3. The molecule has 4 rings (SSSR count). The average molecular weight is 587 g/mol. The lowest BCUT2D eigenvalue weighted by molar-refractivity contribution is -0.124. The molecule has 7 nitrogen and oxygen atoms in total. The van der Waals surface area contributed by atoms with Crippen LogP contribution in [0.2, 0.25) is 10.0 Å². The Kier molecular flexibility index (Phi) is 9.07. The van der Waals surface area contributed by atoms with E-state index < -0.39 is 24.8 Å². The van der Waals surface area contributed by atoms with Gasteiger partial charge in [-0.3, -0.25) is 14.4 Å². The van der Waals surface area contributed by atoms with Gasteiger partial charge >= 0.3 is 0 Å². The van der Waals surface area contributed by atoms with Crippen molar-refractivity contribution in [1.29, 1.82) is 0 Å². The van der Waals surface area contributed by atoms with Crippen molar-refractivity contribution >= 4 is 63.2 Å². The molecule has 1 aromatic heterocycles. The Morgan fingerprint density at radius 2 is 1.52 bits per heavy atom. The number of aromatic nitrogens is 1. The van der Waals surface area contributed by atoms with Gasteiger partial charge in [0.1, 0.15) is 5.69 Å². The van der Waals surface area contributed by atoms with Gasteiger partial charge in [-0.2, -0.15) is 0 Å². The van der Waals surface area contributed by atoms with E-state index >= 15 is 0 Å². The third-order valence-electron chi connectivity index (χ3n) is 6.08. The van der Waals surface area contributed by atoms with Crippen molar-refractivity contribution in [1.82, 2.24) is 9.88 Å². The normalized spacial score (nSPS) is 11.2. The second-order valence-electron chi connectivity index (χ2n) is 9.41. The topological polar surface area (TPSA) is 92.2 Å². The van der Waals surface area contributed by atoms with Crippen LogP contribution in [0.15, 0.2) is 66.7 Å². The van der Waals surface area contributed by atoms with E-state index in [1.54, 1.807) is 74.5 Å². The molecule has 0 aliphatic heterocycles. The Morgan fingerprint density at radius 3 is 2.20 bits per heavy atom. The maximum absolute atomic E-state index is 13.4. The monoisotopic (exact) mass is 586 g/mol. The molecule has 0 aliphatic rings. The molecule has 3 amide bonds. The van der Waals surface area contributed by atoms with Crippen molar-refractivity contribution in [3.05, 3.63) is 93.6 Å². The first-order chi connectivity index (χ1) is 19.0. The summed E-state index contributed by atoms with van der Waals surface area (Å²) in [5, 5.41) is 9.44. The smallest absolute Gasteiger partial charge is 0.272 e. The summed E-state index contributed by atoms with van der Waals surface area (Å²) in [6.07, 6.45) is -2.70. The standard InChI is InChI=1S/C29H26Cl2F2N4O3/c1-16(2)27(38)34-14-17-3-9-23(31)22(11-17)28(39)36-21-8-10-24-18(12-21)13-25(37(24)15-26(32)33)29(40)35-20-6-4-19(30)5-7-20/h3-13,16,26H,14-15H2,1-2H3,(H,34,38)(H,35,40)(H,36,39). The van der Waals surface area contributed by atoms with E-state index in [2.05, 4.69) is 16.0 Å². The lowest BCUT2D eigenvalue weighted by atomic mass is 10.1. The Hall–Kier alpha value is -3.95. The highest BCUT2D eigenvalue weighted by molar-refractivity contribution is 6.34. The fraction of sp³-hybridized carbons (Fsp3) is 0.207. The predicted octanol–water partition coefficient (Wildman–Crippen LogP) is 6.99. The summed E-state index contributed by atoms with van der Waals surface area (Å²) in [5.41, 5.74) is 2.18. The Bertz CT molecular complexity index is 1570. The van der Waals surface area contributed by atoms with Crippen LogP contribution in [0, 0.1) is 5.92 Å². The zero-order chi connectivity index (χ0) is 29.0. The van der Waals surface area contributed by atoms with Crippen molar-refractivity contribution in [2.75, 3.05) is 10.6 Å². The third-order valence-corrected chi connectivity index (χ3v) is 6.66. The number of amides is 3.